The first-order valence-corrected chi connectivity index (χ1v) is 9.51. The fourth-order valence-corrected chi connectivity index (χ4v) is 2.97. The number of rotatable bonds is 7. The zero-order chi connectivity index (χ0) is 22.6. The fourth-order valence-electron chi connectivity index (χ4n) is 2.97. The highest BCUT2D eigenvalue weighted by Gasteiger charge is 2.33. The molecule has 0 saturated heterocycles. The molecule has 0 spiro atoms. The molecular weight excluding hydrogens is 413 g/mol. The van der Waals surface area contributed by atoms with Gasteiger partial charge in [-0.05, 0) is 38.5 Å². The number of nitrogens with zero attached hydrogens (tertiary/aromatic N) is 6. The third-order valence-electron chi connectivity index (χ3n) is 4.54. The Morgan fingerprint density at radius 2 is 1.90 bits per heavy atom. The molecule has 0 aliphatic heterocycles. The van der Waals surface area contributed by atoms with E-state index in [0.717, 1.165) is 11.8 Å². The van der Waals surface area contributed by atoms with Crippen LogP contribution in [-0.2, 0) is 6.18 Å². The van der Waals surface area contributed by atoms with Crippen molar-refractivity contribution in [1.82, 2.24) is 29.9 Å². The van der Waals surface area contributed by atoms with Gasteiger partial charge in [0, 0.05) is 6.54 Å². The standard InChI is InChI=1S/C20H21F3N6O2/c1-4-28(14(3)12-31-18-11-24-17(10-25-18)20(21,22)23)19(30)15-6-5-13(2)9-16(15)29-26-7-8-27-29/h5-11,14H,4,12H2,1-3H3. The number of aromatic nitrogens is 5. The number of ether oxygens (including phenoxy) is 1. The summed E-state index contributed by atoms with van der Waals surface area (Å²) in [6.07, 6.45) is -0.00157. The van der Waals surface area contributed by atoms with Crippen molar-refractivity contribution in [2.75, 3.05) is 13.2 Å². The molecule has 3 aromatic rings. The predicted molar refractivity (Wildman–Crippen MR) is 105 cm³/mol. The van der Waals surface area contributed by atoms with Crippen LogP contribution in [0.25, 0.3) is 5.69 Å². The molecule has 2 heterocycles. The Kier molecular flexibility index (Phi) is 6.52. The lowest BCUT2D eigenvalue weighted by atomic mass is 10.1. The van der Waals surface area contributed by atoms with E-state index in [4.69, 9.17) is 4.74 Å². The van der Waals surface area contributed by atoms with Crippen LogP contribution >= 0.6 is 0 Å². The van der Waals surface area contributed by atoms with E-state index in [-0.39, 0.29) is 24.4 Å². The molecule has 0 radical (unpaired) electrons. The molecule has 1 unspecified atom stereocenters. The van der Waals surface area contributed by atoms with E-state index >= 15 is 0 Å². The minimum absolute atomic E-state index is 0.0286. The summed E-state index contributed by atoms with van der Waals surface area (Å²) in [5.74, 6) is -0.301. The summed E-state index contributed by atoms with van der Waals surface area (Å²) in [6.45, 7) is 5.93. The summed E-state index contributed by atoms with van der Waals surface area (Å²) in [5, 5.41) is 8.23. The number of carbonyl (C=O) groups is 1. The molecule has 3 rings (SSSR count). The molecule has 8 nitrogen and oxygen atoms in total. The molecule has 0 aliphatic rings. The highest BCUT2D eigenvalue weighted by molar-refractivity contribution is 5.98. The molecule has 0 aliphatic carbocycles. The summed E-state index contributed by atoms with van der Waals surface area (Å²) >= 11 is 0. The first kappa shape index (κ1) is 22.2. The Morgan fingerprint density at radius 3 is 2.48 bits per heavy atom. The summed E-state index contributed by atoms with van der Waals surface area (Å²) in [7, 11) is 0. The van der Waals surface area contributed by atoms with Gasteiger partial charge >= 0.3 is 6.18 Å². The summed E-state index contributed by atoms with van der Waals surface area (Å²) in [6, 6.07) is 4.97. The monoisotopic (exact) mass is 434 g/mol. The molecular formula is C20H21F3N6O2. The molecule has 1 aromatic carbocycles. The van der Waals surface area contributed by atoms with Crippen LogP contribution in [0, 0.1) is 6.92 Å². The van der Waals surface area contributed by atoms with Crippen LogP contribution in [0.4, 0.5) is 13.2 Å². The molecule has 1 amide bonds. The molecule has 164 valence electrons. The largest absolute Gasteiger partial charge is 0.474 e. The van der Waals surface area contributed by atoms with Gasteiger partial charge in [0.25, 0.3) is 5.91 Å². The molecule has 0 saturated carbocycles. The Labute approximate surface area is 176 Å². The lowest BCUT2D eigenvalue weighted by molar-refractivity contribution is -0.141. The Bertz CT molecular complexity index is 1020. The van der Waals surface area contributed by atoms with Gasteiger partial charge in [0.2, 0.25) is 5.88 Å². The van der Waals surface area contributed by atoms with Crippen molar-refractivity contribution in [3.8, 4) is 11.6 Å². The van der Waals surface area contributed by atoms with Gasteiger partial charge in [-0.15, -0.1) is 0 Å². The number of hydrogen-bond donors (Lipinski definition) is 0. The third kappa shape index (κ3) is 5.16. The van der Waals surface area contributed by atoms with Crippen molar-refractivity contribution in [2.45, 2.75) is 33.0 Å². The Morgan fingerprint density at radius 1 is 1.19 bits per heavy atom. The van der Waals surface area contributed by atoms with Crippen molar-refractivity contribution >= 4 is 5.91 Å². The minimum Gasteiger partial charge on any atom is -0.474 e. The molecule has 0 fully saturated rings. The van der Waals surface area contributed by atoms with Crippen LogP contribution in [-0.4, -0.2) is 55.0 Å². The van der Waals surface area contributed by atoms with Crippen molar-refractivity contribution in [1.29, 1.82) is 0 Å². The quantitative estimate of drug-likeness (QED) is 0.567. The highest BCUT2D eigenvalue weighted by Crippen LogP contribution is 2.27. The maximum absolute atomic E-state index is 13.3. The van der Waals surface area contributed by atoms with Crippen LogP contribution in [0.2, 0.25) is 0 Å². The van der Waals surface area contributed by atoms with Crippen molar-refractivity contribution in [2.24, 2.45) is 0 Å². The predicted octanol–water partition coefficient (Wildman–Crippen LogP) is 3.31. The van der Waals surface area contributed by atoms with Gasteiger partial charge in [-0.1, -0.05) is 6.07 Å². The molecule has 1 atom stereocenters. The Balaban J connectivity index is 1.74. The SMILES string of the molecule is CCN(C(=O)c1ccc(C)cc1-n1nccn1)C(C)COc1cnc(C(F)(F)F)cn1. The summed E-state index contributed by atoms with van der Waals surface area (Å²) < 4.78 is 43.3. The first-order chi connectivity index (χ1) is 14.7. The smallest absolute Gasteiger partial charge is 0.434 e. The fraction of sp³-hybridized carbons (Fsp3) is 0.350. The average molecular weight is 434 g/mol. The molecule has 0 N–H and O–H groups in total. The number of aryl methyl sites for hydroxylation is 1. The molecule has 0 bridgehead atoms. The number of carbonyl (C=O) groups excluding carboxylic acids is 1. The van der Waals surface area contributed by atoms with E-state index in [2.05, 4.69) is 20.2 Å². The van der Waals surface area contributed by atoms with Gasteiger partial charge < -0.3 is 9.64 Å². The van der Waals surface area contributed by atoms with Gasteiger partial charge in [0.05, 0.1) is 42.1 Å². The maximum Gasteiger partial charge on any atom is 0.434 e. The second kappa shape index (κ2) is 9.11. The van der Waals surface area contributed by atoms with Crippen LogP contribution in [0.1, 0.15) is 35.5 Å². The molecule has 2 aromatic heterocycles. The molecule has 31 heavy (non-hydrogen) atoms. The maximum atomic E-state index is 13.3. The lowest BCUT2D eigenvalue weighted by Crippen LogP contribution is -2.42. The van der Waals surface area contributed by atoms with Gasteiger partial charge in [-0.25, -0.2) is 9.97 Å². The van der Waals surface area contributed by atoms with Crippen LogP contribution in [0.3, 0.4) is 0 Å². The second-order valence-corrected chi connectivity index (χ2v) is 6.83. The third-order valence-corrected chi connectivity index (χ3v) is 4.54. The number of benzene rings is 1. The number of halogens is 3. The van der Waals surface area contributed by atoms with E-state index in [1.165, 1.54) is 17.2 Å². The van der Waals surface area contributed by atoms with E-state index in [1.54, 1.807) is 17.9 Å². The van der Waals surface area contributed by atoms with Crippen molar-refractivity contribution in [3.63, 3.8) is 0 Å². The van der Waals surface area contributed by atoms with Crippen molar-refractivity contribution < 1.29 is 22.7 Å². The van der Waals surface area contributed by atoms with E-state index in [0.29, 0.717) is 24.0 Å². The molecule has 11 heteroatoms. The van der Waals surface area contributed by atoms with E-state index in [9.17, 15) is 18.0 Å². The lowest BCUT2D eigenvalue weighted by Gasteiger charge is -2.28. The zero-order valence-electron chi connectivity index (χ0n) is 17.2. The average Bonchev–Trinajstić information content (AvgIpc) is 3.27. The van der Waals surface area contributed by atoms with Crippen LogP contribution in [0.5, 0.6) is 5.88 Å². The van der Waals surface area contributed by atoms with Gasteiger partial charge in [-0.2, -0.15) is 28.2 Å². The number of amides is 1. The highest BCUT2D eigenvalue weighted by atomic mass is 19.4. The zero-order valence-corrected chi connectivity index (χ0v) is 17.2. The number of likely N-dealkylation sites (N-methyl/N-ethyl adjacent to an activating group) is 1. The number of alkyl halides is 3. The van der Waals surface area contributed by atoms with Crippen LogP contribution < -0.4 is 4.74 Å². The summed E-state index contributed by atoms with van der Waals surface area (Å²) in [4.78, 5) is 23.2. The van der Waals surface area contributed by atoms with Crippen LogP contribution in [0.15, 0.2) is 43.0 Å². The van der Waals surface area contributed by atoms with Crippen molar-refractivity contribution in [3.05, 3.63) is 59.8 Å². The van der Waals surface area contributed by atoms with Gasteiger partial charge in [-0.3, -0.25) is 4.79 Å². The minimum atomic E-state index is -4.57. The Hall–Kier alpha value is -3.50. The van der Waals surface area contributed by atoms with E-state index < -0.39 is 11.9 Å². The summed E-state index contributed by atoms with van der Waals surface area (Å²) in [5.41, 5.74) is 0.821. The van der Waals surface area contributed by atoms with Gasteiger partial charge in [0.15, 0.2) is 5.69 Å². The van der Waals surface area contributed by atoms with Gasteiger partial charge in [0.1, 0.15) is 6.61 Å². The number of hydrogen-bond acceptors (Lipinski definition) is 6. The van der Waals surface area contributed by atoms with E-state index in [1.807, 2.05) is 26.0 Å². The topological polar surface area (TPSA) is 86.0 Å². The first-order valence-electron chi connectivity index (χ1n) is 9.51. The normalized spacial score (nSPS) is 12.5. The second-order valence-electron chi connectivity index (χ2n) is 6.83.